The largest absolute Gasteiger partial charge is 0.477 e. The Balaban J connectivity index is 2.82. The zero-order valence-electron chi connectivity index (χ0n) is 13.3. The van der Waals surface area contributed by atoms with Gasteiger partial charge in [-0.25, -0.2) is 9.78 Å². The highest BCUT2D eigenvalue weighted by atomic mass is 79.9. The minimum Gasteiger partial charge on any atom is -0.477 e. The first-order valence-corrected chi connectivity index (χ1v) is 9.61. The summed E-state index contributed by atoms with van der Waals surface area (Å²) in [4.78, 5) is 14.8. The average molecular weight is 438 g/mol. The molecule has 0 aliphatic carbocycles. The van der Waals surface area contributed by atoms with Crippen LogP contribution in [0.5, 0.6) is 0 Å². The zero-order chi connectivity index (χ0) is 18.8. The molecule has 1 aromatic heterocycles. The first kappa shape index (κ1) is 19.9. The van der Waals surface area contributed by atoms with Crippen LogP contribution in [0.25, 0.3) is 10.8 Å². The normalized spacial score (nSPS) is 12.5. The van der Waals surface area contributed by atoms with Gasteiger partial charge in [0.1, 0.15) is 11.4 Å². The van der Waals surface area contributed by atoms with Crippen molar-refractivity contribution in [2.45, 2.75) is 19.5 Å². The highest BCUT2D eigenvalue weighted by Crippen LogP contribution is 2.67. The molecule has 0 amide bonds. The minimum absolute atomic E-state index is 0.0518. The quantitative estimate of drug-likeness (QED) is 0.612. The Morgan fingerprint density at radius 2 is 1.88 bits per heavy atom. The van der Waals surface area contributed by atoms with Gasteiger partial charge in [0.05, 0.1) is 13.2 Å². The van der Waals surface area contributed by atoms with Crippen molar-refractivity contribution in [2.75, 3.05) is 13.2 Å². The second kappa shape index (κ2) is 7.45. The Morgan fingerprint density at radius 1 is 1.28 bits per heavy atom. The number of alkyl halides is 2. The molecular weight excluding hydrogens is 423 g/mol. The van der Waals surface area contributed by atoms with Crippen LogP contribution in [0.1, 0.15) is 30.0 Å². The van der Waals surface area contributed by atoms with Gasteiger partial charge in [0, 0.05) is 9.86 Å². The van der Waals surface area contributed by atoms with E-state index < -0.39 is 30.6 Å². The first-order valence-electron chi connectivity index (χ1n) is 7.27. The molecule has 1 N–H and O–H groups in total. The molecule has 25 heavy (non-hydrogen) atoms. The molecule has 136 valence electrons. The predicted molar refractivity (Wildman–Crippen MR) is 91.2 cm³/mol. The van der Waals surface area contributed by atoms with Crippen LogP contribution in [-0.4, -0.2) is 29.3 Å². The maximum atomic E-state index is 15.1. The number of nitrogens with zero attached hydrogens (tertiary/aromatic N) is 1. The lowest BCUT2D eigenvalue weighted by atomic mass is 10.1. The summed E-state index contributed by atoms with van der Waals surface area (Å²) < 4.78 is 52.8. The second-order valence-corrected chi connectivity index (χ2v) is 7.89. The summed E-state index contributed by atoms with van der Waals surface area (Å²) in [6, 6.07) is 5.54. The van der Waals surface area contributed by atoms with E-state index in [1.54, 1.807) is 6.07 Å². The van der Waals surface area contributed by atoms with Gasteiger partial charge in [-0.1, -0.05) is 22.0 Å². The number of hydrogen-bond donors (Lipinski definition) is 1. The maximum Gasteiger partial charge on any atom is 0.406 e. The van der Waals surface area contributed by atoms with E-state index in [0.29, 0.717) is 4.47 Å². The van der Waals surface area contributed by atoms with Gasteiger partial charge in [-0.15, -0.1) is 0 Å². The molecule has 6 nitrogen and oxygen atoms in total. The van der Waals surface area contributed by atoms with Gasteiger partial charge in [-0.05, 0) is 37.4 Å². The fourth-order valence-corrected chi connectivity index (χ4v) is 4.10. The van der Waals surface area contributed by atoms with Crippen molar-refractivity contribution in [1.82, 2.24) is 4.98 Å². The molecule has 0 unspecified atom stereocenters. The number of aromatic carboxylic acids is 1. The number of benzene rings is 1. The molecule has 0 aliphatic heterocycles. The van der Waals surface area contributed by atoms with Crippen LogP contribution in [0.4, 0.5) is 8.78 Å². The van der Waals surface area contributed by atoms with Crippen LogP contribution in [0, 0.1) is 0 Å². The standard InChI is InChI=1S/C15H15BrF2NO5P/c1-3-23-25(22,24-4-2)15(17,18)13-11-8-10(16)6-5-9(11)7-12(19-13)14(20)21/h5-8H,3-4H2,1-2H3,(H,20,21). The first-order chi connectivity index (χ1) is 11.7. The fourth-order valence-electron chi connectivity index (χ4n) is 2.23. The lowest BCUT2D eigenvalue weighted by molar-refractivity contribution is 0.0333. The molecule has 0 radical (unpaired) electrons. The van der Waals surface area contributed by atoms with Crippen LogP contribution in [0.3, 0.4) is 0 Å². The molecule has 0 saturated carbocycles. The summed E-state index contributed by atoms with van der Waals surface area (Å²) >= 11 is 3.17. The van der Waals surface area contributed by atoms with Crippen LogP contribution in [0.2, 0.25) is 0 Å². The lowest BCUT2D eigenvalue weighted by Crippen LogP contribution is -2.21. The fraction of sp³-hybridized carbons (Fsp3) is 0.333. The Bertz CT molecular complexity index is 851. The molecule has 0 aliphatic rings. The van der Waals surface area contributed by atoms with E-state index in [-0.39, 0.29) is 24.0 Å². The van der Waals surface area contributed by atoms with Crippen molar-refractivity contribution in [3.8, 4) is 0 Å². The van der Waals surface area contributed by atoms with Gasteiger partial charge in [0.2, 0.25) is 0 Å². The van der Waals surface area contributed by atoms with Crippen molar-refractivity contribution in [3.63, 3.8) is 0 Å². The molecule has 2 rings (SSSR count). The Morgan fingerprint density at radius 3 is 2.40 bits per heavy atom. The van der Waals surface area contributed by atoms with E-state index in [2.05, 4.69) is 20.9 Å². The molecule has 0 saturated heterocycles. The summed E-state index contributed by atoms with van der Waals surface area (Å²) in [7, 11) is -4.92. The number of fused-ring (bicyclic) bond motifs is 1. The molecule has 10 heteroatoms. The van der Waals surface area contributed by atoms with Crippen molar-refractivity contribution >= 4 is 40.3 Å². The number of aromatic nitrogens is 1. The Hall–Kier alpha value is -1.41. The van der Waals surface area contributed by atoms with Crippen LogP contribution in [-0.2, 0) is 19.3 Å². The van der Waals surface area contributed by atoms with E-state index in [1.807, 2.05) is 0 Å². The number of hydrogen-bond acceptors (Lipinski definition) is 5. The summed E-state index contributed by atoms with van der Waals surface area (Å²) in [6.45, 7) is 2.26. The molecular formula is C15H15BrF2NO5P. The van der Waals surface area contributed by atoms with E-state index in [4.69, 9.17) is 14.2 Å². The summed E-state index contributed by atoms with van der Waals surface area (Å²) in [5, 5.41) is 9.31. The highest BCUT2D eigenvalue weighted by molar-refractivity contribution is 9.10. The van der Waals surface area contributed by atoms with E-state index in [1.165, 1.54) is 26.0 Å². The molecule has 0 atom stereocenters. The number of carboxylic acids is 1. The monoisotopic (exact) mass is 437 g/mol. The van der Waals surface area contributed by atoms with Gasteiger partial charge in [-0.2, -0.15) is 8.78 Å². The SMILES string of the molecule is CCOP(=O)(OCC)C(F)(F)c1nc(C(=O)O)cc2ccc(Br)cc12. The topological polar surface area (TPSA) is 85.7 Å². The number of carboxylic acid groups (broad SMARTS) is 1. The number of carbonyl (C=O) groups is 1. The molecule has 2 aromatic rings. The molecule has 0 fully saturated rings. The van der Waals surface area contributed by atoms with Crippen molar-refractivity contribution in [3.05, 3.63) is 40.1 Å². The molecule has 1 heterocycles. The third-order valence-corrected chi connectivity index (χ3v) is 5.83. The smallest absolute Gasteiger partial charge is 0.406 e. The molecule has 1 aromatic carbocycles. The molecule has 0 bridgehead atoms. The second-order valence-electron chi connectivity index (χ2n) is 4.90. The summed E-state index contributed by atoms with van der Waals surface area (Å²) in [5.41, 5.74) is -5.69. The summed E-state index contributed by atoms with van der Waals surface area (Å²) in [5.74, 6) is -1.48. The van der Waals surface area contributed by atoms with Crippen molar-refractivity contribution in [1.29, 1.82) is 0 Å². The van der Waals surface area contributed by atoms with Crippen LogP contribution in [0.15, 0.2) is 28.7 Å². The van der Waals surface area contributed by atoms with Gasteiger partial charge >= 0.3 is 19.2 Å². The van der Waals surface area contributed by atoms with Gasteiger partial charge in [0.15, 0.2) is 0 Å². The van der Waals surface area contributed by atoms with Crippen molar-refractivity contribution in [2.24, 2.45) is 0 Å². The number of pyridine rings is 1. The van der Waals surface area contributed by atoms with E-state index >= 15 is 8.78 Å². The third-order valence-electron chi connectivity index (χ3n) is 3.24. The van der Waals surface area contributed by atoms with Crippen molar-refractivity contribution < 1.29 is 32.3 Å². The Labute approximate surface area is 150 Å². The number of halogens is 3. The predicted octanol–water partition coefficient (Wildman–Crippen LogP) is 5.01. The van der Waals surface area contributed by atoms with Gasteiger partial charge in [-0.3, -0.25) is 4.57 Å². The van der Waals surface area contributed by atoms with E-state index in [9.17, 15) is 9.36 Å². The lowest BCUT2D eigenvalue weighted by Gasteiger charge is -2.26. The van der Waals surface area contributed by atoms with E-state index in [0.717, 1.165) is 6.07 Å². The van der Waals surface area contributed by atoms with Crippen LogP contribution >= 0.6 is 23.5 Å². The maximum absolute atomic E-state index is 15.1. The van der Waals surface area contributed by atoms with Gasteiger partial charge in [0.25, 0.3) is 0 Å². The molecule has 0 spiro atoms. The minimum atomic E-state index is -4.92. The van der Waals surface area contributed by atoms with Crippen LogP contribution < -0.4 is 0 Å². The Kier molecular flexibility index (Phi) is 5.93. The third kappa shape index (κ3) is 3.74. The summed E-state index contributed by atoms with van der Waals surface area (Å²) in [6.07, 6.45) is 0. The zero-order valence-corrected chi connectivity index (χ0v) is 15.8. The average Bonchev–Trinajstić information content (AvgIpc) is 2.53. The highest BCUT2D eigenvalue weighted by Gasteiger charge is 2.57. The number of rotatable bonds is 7. The van der Waals surface area contributed by atoms with Gasteiger partial charge < -0.3 is 14.2 Å².